The van der Waals surface area contributed by atoms with Crippen molar-refractivity contribution in [3.63, 3.8) is 0 Å². The van der Waals surface area contributed by atoms with E-state index in [1.54, 1.807) is 13.0 Å². The van der Waals surface area contributed by atoms with Crippen molar-refractivity contribution in [2.75, 3.05) is 11.9 Å². The van der Waals surface area contributed by atoms with E-state index >= 15 is 0 Å². The molecule has 0 aromatic carbocycles. The first kappa shape index (κ1) is 11.6. The molecular weight excluding hydrogens is 222 g/mol. The molecule has 0 saturated carbocycles. The highest BCUT2D eigenvalue weighted by molar-refractivity contribution is 5.43. The predicted octanol–water partition coefficient (Wildman–Crippen LogP) is 1.72. The fourth-order valence-corrected chi connectivity index (χ4v) is 1.87. The lowest BCUT2D eigenvalue weighted by Crippen LogP contribution is -2.38. The van der Waals surface area contributed by atoms with Gasteiger partial charge in [0.25, 0.3) is 0 Å². The number of hydrogen-bond donors (Lipinski definition) is 1. The summed E-state index contributed by atoms with van der Waals surface area (Å²) in [5.41, 5.74) is 0.195. The second kappa shape index (κ2) is 4.97. The molecule has 0 amide bonds. The average molecular weight is 236 g/mol. The highest BCUT2D eigenvalue weighted by Gasteiger charge is 2.36. The van der Waals surface area contributed by atoms with Gasteiger partial charge in [0.1, 0.15) is 10.7 Å². The Morgan fingerprint density at radius 3 is 3.06 bits per heavy atom. The lowest BCUT2D eigenvalue weighted by Gasteiger charge is -2.22. The molecule has 17 heavy (non-hydrogen) atoms. The molecule has 0 aliphatic carbocycles. The third-order valence-corrected chi connectivity index (χ3v) is 2.64. The molecule has 1 aromatic rings. The van der Waals surface area contributed by atoms with Crippen molar-refractivity contribution < 1.29 is 9.15 Å². The number of rotatable bonds is 2. The van der Waals surface area contributed by atoms with Crippen molar-refractivity contribution in [1.29, 1.82) is 5.39 Å². The van der Waals surface area contributed by atoms with E-state index in [0.717, 1.165) is 12.8 Å². The van der Waals surface area contributed by atoms with E-state index in [-0.39, 0.29) is 6.04 Å². The molecular formula is C11H14N3O3+. The number of anilines is 1. The molecule has 1 aliphatic heterocycles. The van der Waals surface area contributed by atoms with Gasteiger partial charge in [-0.2, -0.15) is 0 Å². The maximum absolute atomic E-state index is 11.2. The van der Waals surface area contributed by atoms with Gasteiger partial charge in [0.2, 0.25) is 11.6 Å². The minimum absolute atomic E-state index is 0.309. The van der Waals surface area contributed by atoms with Crippen molar-refractivity contribution in [2.45, 2.75) is 32.0 Å². The number of nitrogens with zero attached hydrogens (tertiary/aromatic N) is 2. The summed E-state index contributed by atoms with van der Waals surface area (Å²) < 4.78 is 10.3. The lowest BCUT2D eigenvalue weighted by molar-refractivity contribution is 0.0285. The van der Waals surface area contributed by atoms with Crippen LogP contribution in [0.4, 0.5) is 5.69 Å². The molecule has 1 aromatic heterocycles. The minimum Gasteiger partial charge on any atom is -0.428 e. The molecule has 6 nitrogen and oxygen atoms in total. The quantitative estimate of drug-likeness (QED) is 0.791. The van der Waals surface area contributed by atoms with Gasteiger partial charge in [-0.1, -0.05) is 0 Å². The third-order valence-electron chi connectivity index (χ3n) is 2.64. The van der Waals surface area contributed by atoms with E-state index in [9.17, 15) is 4.79 Å². The Bertz CT molecular complexity index is 491. The molecule has 6 heteroatoms. The summed E-state index contributed by atoms with van der Waals surface area (Å²) in [6.07, 6.45) is 1.22. The van der Waals surface area contributed by atoms with E-state index in [4.69, 9.17) is 14.5 Å². The van der Waals surface area contributed by atoms with Crippen molar-refractivity contribution in [3.8, 4) is 0 Å². The molecule has 0 unspecified atom stereocenters. The number of aryl methyl sites for hydroxylation is 1. The molecule has 0 spiro atoms. The number of hydrogen-bond acceptors (Lipinski definition) is 5. The summed E-state index contributed by atoms with van der Waals surface area (Å²) in [5, 5.41) is 11.9. The van der Waals surface area contributed by atoms with Gasteiger partial charge in [-0.3, -0.25) is 0 Å². The Kier molecular flexibility index (Phi) is 3.40. The first-order valence-corrected chi connectivity index (χ1v) is 5.53. The van der Waals surface area contributed by atoms with E-state index in [0.29, 0.717) is 18.1 Å². The van der Waals surface area contributed by atoms with Crippen LogP contribution >= 0.6 is 0 Å². The number of nitrogens with one attached hydrogen (secondary N) is 1. The zero-order chi connectivity index (χ0) is 12.3. The van der Waals surface area contributed by atoms with E-state index in [1.165, 1.54) is 6.07 Å². The van der Waals surface area contributed by atoms with E-state index in [1.807, 2.05) is 0 Å². The fraction of sp³-hybridized carbons (Fsp3) is 0.545. The Balaban J connectivity index is 2.14. The van der Waals surface area contributed by atoms with Crippen LogP contribution in [0.3, 0.4) is 0 Å². The highest BCUT2D eigenvalue weighted by Crippen LogP contribution is 2.19. The topological polar surface area (TPSA) is 79.6 Å². The van der Waals surface area contributed by atoms with Crippen molar-refractivity contribution >= 4 is 5.69 Å². The standard InChI is InChI=1S/C11H13N3O3/c1-7-5-8(6-10(15)17-7)13-11-9(14-12)3-2-4-16-11/h5-6,9,11H,2-4H2,1H3/p+1/t9-,11+/m0/s1. The third kappa shape index (κ3) is 2.82. The second-order valence-electron chi connectivity index (χ2n) is 4.04. The maximum Gasteiger partial charge on any atom is 0.357 e. The van der Waals surface area contributed by atoms with Crippen molar-refractivity contribution in [1.82, 2.24) is 0 Å². The Morgan fingerprint density at radius 2 is 2.35 bits per heavy atom. The summed E-state index contributed by atoms with van der Waals surface area (Å²) >= 11 is 0. The van der Waals surface area contributed by atoms with Gasteiger partial charge in [0.05, 0.1) is 0 Å². The van der Waals surface area contributed by atoms with E-state index < -0.39 is 11.9 Å². The molecule has 1 N–H and O–H groups in total. The molecule has 0 bridgehead atoms. The second-order valence-corrected chi connectivity index (χ2v) is 4.04. The van der Waals surface area contributed by atoms with Crippen LogP contribution < -0.4 is 10.9 Å². The summed E-state index contributed by atoms with van der Waals surface area (Å²) in [6.45, 7) is 2.31. The summed E-state index contributed by atoms with van der Waals surface area (Å²) in [5.74, 6) is 0.522. The Labute approximate surface area is 98.2 Å². The van der Waals surface area contributed by atoms with Crippen molar-refractivity contribution in [3.05, 3.63) is 33.3 Å². The van der Waals surface area contributed by atoms with Gasteiger partial charge in [-0.05, 0) is 19.4 Å². The van der Waals surface area contributed by atoms with Gasteiger partial charge < -0.3 is 14.5 Å². The van der Waals surface area contributed by atoms with Crippen molar-refractivity contribution in [2.24, 2.45) is 0 Å². The van der Waals surface area contributed by atoms with Crippen LogP contribution in [0.5, 0.6) is 0 Å². The largest absolute Gasteiger partial charge is 0.428 e. The average Bonchev–Trinajstić information content (AvgIpc) is 2.28. The zero-order valence-electron chi connectivity index (χ0n) is 9.55. The SMILES string of the molecule is Cc1cc(N[C@@H]2OCCC[C@@H]2[N+]#N)cc(=O)o1. The molecule has 0 radical (unpaired) electrons. The zero-order valence-corrected chi connectivity index (χ0v) is 9.55. The van der Waals surface area contributed by atoms with Crippen LogP contribution in [0.15, 0.2) is 21.3 Å². The van der Waals surface area contributed by atoms with Crippen LogP contribution in [0.1, 0.15) is 18.6 Å². The molecule has 2 heterocycles. The van der Waals surface area contributed by atoms with Crippen LogP contribution in [-0.2, 0) is 4.74 Å². The van der Waals surface area contributed by atoms with E-state index in [2.05, 4.69) is 10.3 Å². The molecule has 1 saturated heterocycles. The summed E-state index contributed by atoms with van der Waals surface area (Å²) in [4.78, 5) is 14.5. The Hall–Kier alpha value is -1.87. The van der Waals surface area contributed by atoms with Gasteiger partial charge in [0, 0.05) is 24.8 Å². The lowest BCUT2D eigenvalue weighted by atomic mass is 10.1. The molecule has 90 valence electrons. The first-order valence-electron chi connectivity index (χ1n) is 5.53. The van der Waals surface area contributed by atoms with Crippen LogP contribution in [-0.4, -0.2) is 18.9 Å². The van der Waals surface area contributed by atoms with Crippen LogP contribution in [0.25, 0.3) is 4.98 Å². The predicted molar refractivity (Wildman–Crippen MR) is 61.2 cm³/mol. The smallest absolute Gasteiger partial charge is 0.357 e. The highest BCUT2D eigenvalue weighted by atomic mass is 16.5. The Morgan fingerprint density at radius 1 is 1.53 bits per heavy atom. The summed E-state index contributed by atoms with van der Waals surface area (Å²) in [7, 11) is 0. The molecule has 2 rings (SSSR count). The fourth-order valence-electron chi connectivity index (χ4n) is 1.87. The number of ether oxygens (including phenoxy) is 1. The first-order chi connectivity index (χ1) is 8.19. The minimum atomic E-state index is -0.416. The van der Waals surface area contributed by atoms with Gasteiger partial charge in [0.15, 0.2) is 0 Å². The molecule has 1 fully saturated rings. The maximum atomic E-state index is 11.2. The van der Waals surface area contributed by atoms with Crippen LogP contribution in [0.2, 0.25) is 0 Å². The normalized spacial score (nSPS) is 24.0. The van der Waals surface area contributed by atoms with Gasteiger partial charge in [-0.15, -0.1) is 0 Å². The summed E-state index contributed by atoms with van der Waals surface area (Å²) in [6, 6.07) is 2.74. The molecule has 2 atom stereocenters. The molecule has 1 aliphatic rings. The van der Waals surface area contributed by atoms with Gasteiger partial charge >= 0.3 is 11.7 Å². The number of diazo groups is 1. The van der Waals surface area contributed by atoms with Crippen LogP contribution in [0, 0.1) is 12.3 Å². The van der Waals surface area contributed by atoms with Gasteiger partial charge in [-0.25, -0.2) is 4.79 Å². The monoisotopic (exact) mass is 236 g/mol.